The first-order valence-electron chi connectivity index (χ1n) is 6.42. The zero-order valence-corrected chi connectivity index (χ0v) is 10.7. The van der Waals surface area contributed by atoms with Crippen LogP contribution in [0.25, 0.3) is 11.3 Å². The number of aromatic nitrogens is 1. The summed E-state index contributed by atoms with van der Waals surface area (Å²) in [6.45, 7) is 3.05. The second kappa shape index (κ2) is 6.70. The lowest BCUT2D eigenvalue weighted by atomic mass is 10.1. The summed E-state index contributed by atoms with van der Waals surface area (Å²) in [5.41, 5.74) is 3.06. The molecule has 0 aliphatic heterocycles. The molecule has 0 N–H and O–H groups in total. The van der Waals surface area contributed by atoms with Crippen LogP contribution in [0.4, 0.5) is 0 Å². The number of nitrogens with zero attached hydrogens (tertiary/aromatic N) is 2. The van der Waals surface area contributed by atoms with Crippen molar-refractivity contribution in [2.45, 2.75) is 19.8 Å². The van der Waals surface area contributed by atoms with Gasteiger partial charge in [0, 0.05) is 18.3 Å². The average molecular weight is 238 g/mol. The van der Waals surface area contributed by atoms with Crippen molar-refractivity contribution in [3.05, 3.63) is 54.2 Å². The van der Waals surface area contributed by atoms with E-state index in [2.05, 4.69) is 29.0 Å². The van der Waals surface area contributed by atoms with Crippen LogP contribution >= 0.6 is 0 Å². The maximum absolute atomic E-state index is 4.59. The fourth-order valence-electron chi connectivity index (χ4n) is 1.70. The highest BCUT2D eigenvalue weighted by Crippen LogP contribution is 2.15. The molecule has 2 nitrogen and oxygen atoms in total. The molecule has 0 aliphatic rings. The summed E-state index contributed by atoms with van der Waals surface area (Å²) in [5, 5.41) is 0. The first kappa shape index (κ1) is 12.5. The van der Waals surface area contributed by atoms with Gasteiger partial charge in [0.2, 0.25) is 0 Å². The van der Waals surface area contributed by atoms with Crippen LogP contribution in [0.5, 0.6) is 0 Å². The zero-order chi connectivity index (χ0) is 12.6. The Hall–Kier alpha value is -1.96. The van der Waals surface area contributed by atoms with Gasteiger partial charge >= 0.3 is 0 Å². The third kappa shape index (κ3) is 3.52. The fourth-order valence-corrected chi connectivity index (χ4v) is 1.70. The van der Waals surface area contributed by atoms with Gasteiger partial charge in [-0.2, -0.15) is 0 Å². The number of rotatable bonds is 5. The molecule has 1 aromatic carbocycles. The Morgan fingerprint density at radius 2 is 1.89 bits per heavy atom. The Kier molecular flexibility index (Phi) is 4.65. The Morgan fingerprint density at radius 1 is 1.06 bits per heavy atom. The fraction of sp³-hybridized carbons (Fsp3) is 0.250. The molecule has 2 heteroatoms. The van der Waals surface area contributed by atoms with E-state index in [0.29, 0.717) is 0 Å². The summed E-state index contributed by atoms with van der Waals surface area (Å²) in [6, 6.07) is 16.2. The highest BCUT2D eigenvalue weighted by molar-refractivity contribution is 5.78. The van der Waals surface area contributed by atoms with Crippen LogP contribution in [0, 0.1) is 0 Å². The van der Waals surface area contributed by atoms with Crippen molar-refractivity contribution in [1.29, 1.82) is 0 Å². The van der Waals surface area contributed by atoms with E-state index < -0.39 is 0 Å². The SMILES string of the molecule is CCCCN=Cc1cccc(-c2ccccc2)n1. The van der Waals surface area contributed by atoms with Crippen LogP contribution in [0.3, 0.4) is 0 Å². The molecule has 0 spiro atoms. The highest BCUT2D eigenvalue weighted by Gasteiger charge is 1.98. The van der Waals surface area contributed by atoms with Gasteiger partial charge in [0.05, 0.1) is 11.4 Å². The number of aliphatic imine (C=N–C) groups is 1. The number of hydrogen-bond acceptors (Lipinski definition) is 2. The molecule has 0 unspecified atom stereocenters. The normalized spacial score (nSPS) is 10.9. The Balaban J connectivity index is 2.13. The molecular weight excluding hydrogens is 220 g/mol. The van der Waals surface area contributed by atoms with Crippen LogP contribution in [0.15, 0.2) is 53.5 Å². The molecule has 2 aromatic rings. The summed E-state index contributed by atoms with van der Waals surface area (Å²) in [6.07, 6.45) is 4.17. The minimum Gasteiger partial charge on any atom is -0.291 e. The predicted molar refractivity (Wildman–Crippen MR) is 77.0 cm³/mol. The first-order valence-corrected chi connectivity index (χ1v) is 6.42. The molecular formula is C16H18N2. The van der Waals surface area contributed by atoms with E-state index in [1.54, 1.807) is 0 Å². The highest BCUT2D eigenvalue weighted by atomic mass is 14.8. The van der Waals surface area contributed by atoms with Crippen LogP contribution in [0.1, 0.15) is 25.5 Å². The van der Waals surface area contributed by atoms with E-state index in [0.717, 1.165) is 29.9 Å². The minimum absolute atomic E-state index is 0.883. The number of unbranched alkanes of at least 4 members (excludes halogenated alkanes) is 1. The number of pyridine rings is 1. The molecule has 1 heterocycles. The lowest BCUT2D eigenvalue weighted by Gasteiger charge is -2.01. The Labute approximate surface area is 108 Å². The van der Waals surface area contributed by atoms with Crippen molar-refractivity contribution in [2.75, 3.05) is 6.54 Å². The molecule has 0 aliphatic carbocycles. The van der Waals surface area contributed by atoms with Crippen molar-refractivity contribution in [3.8, 4) is 11.3 Å². The largest absolute Gasteiger partial charge is 0.291 e. The van der Waals surface area contributed by atoms with Crippen molar-refractivity contribution in [1.82, 2.24) is 4.98 Å². The predicted octanol–water partition coefficient (Wildman–Crippen LogP) is 3.97. The van der Waals surface area contributed by atoms with E-state index in [4.69, 9.17) is 0 Å². The van der Waals surface area contributed by atoms with Gasteiger partial charge in [-0.1, -0.05) is 49.7 Å². The van der Waals surface area contributed by atoms with Crippen molar-refractivity contribution in [3.63, 3.8) is 0 Å². The number of benzene rings is 1. The minimum atomic E-state index is 0.883. The molecule has 0 radical (unpaired) electrons. The maximum Gasteiger partial charge on any atom is 0.0815 e. The van der Waals surface area contributed by atoms with Gasteiger partial charge in [0.1, 0.15) is 0 Å². The van der Waals surface area contributed by atoms with Gasteiger partial charge in [0.15, 0.2) is 0 Å². The van der Waals surface area contributed by atoms with E-state index >= 15 is 0 Å². The molecule has 0 fully saturated rings. The van der Waals surface area contributed by atoms with Crippen molar-refractivity contribution < 1.29 is 0 Å². The molecule has 0 atom stereocenters. The van der Waals surface area contributed by atoms with Gasteiger partial charge in [0.25, 0.3) is 0 Å². The van der Waals surface area contributed by atoms with E-state index in [1.165, 1.54) is 6.42 Å². The summed E-state index contributed by atoms with van der Waals surface area (Å²) >= 11 is 0. The molecule has 0 amide bonds. The van der Waals surface area contributed by atoms with Gasteiger partial charge in [-0.3, -0.25) is 4.99 Å². The molecule has 0 saturated carbocycles. The van der Waals surface area contributed by atoms with Gasteiger partial charge in [-0.05, 0) is 18.6 Å². The van der Waals surface area contributed by atoms with E-state index in [9.17, 15) is 0 Å². The molecule has 1 aromatic heterocycles. The third-order valence-electron chi connectivity index (χ3n) is 2.70. The van der Waals surface area contributed by atoms with Crippen LogP contribution in [0.2, 0.25) is 0 Å². The topological polar surface area (TPSA) is 25.2 Å². The van der Waals surface area contributed by atoms with Crippen molar-refractivity contribution in [2.24, 2.45) is 4.99 Å². The van der Waals surface area contributed by atoms with Gasteiger partial charge < -0.3 is 0 Å². The lowest BCUT2D eigenvalue weighted by molar-refractivity contribution is 0.810. The van der Waals surface area contributed by atoms with Crippen LogP contribution in [-0.2, 0) is 0 Å². The van der Waals surface area contributed by atoms with E-state index in [1.807, 2.05) is 42.6 Å². The first-order chi connectivity index (χ1) is 8.90. The molecule has 92 valence electrons. The second-order valence-corrected chi connectivity index (χ2v) is 4.20. The molecule has 0 saturated heterocycles. The average Bonchev–Trinajstić information content (AvgIpc) is 2.45. The summed E-state index contributed by atoms with van der Waals surface area (Å²) in [7, 11) is 0. The Bertz CT molecular complexity index is 504. The molecule has 0 bridgehead atoms. The van der Waals surface area contributed by atoms with Crippen LogP contribution < -0.4 is 0 Å². The monoisotopic (exact) mass is 238 g/mol. The number of hydrogen-bond donors (Lipinski definition) is 0. The third-order valence-corrected chi connectivity index (χ3v) is 2.70. The quantitative estimate of drug-likeness (QED) is 0.571. The van der Waals surface area contributed by atoms with Crippen LogP contribution in [-0.4, -0.2) is 17.7 Å². The summed E-state index contributed by atoms with van der Waals surface area (Å²) < 4.78 is 0. The Morgan fingerprint density at radius 3 is 2.67 bits per heavy atom. The van der Waals surface area contributed by atoms with Crippen molar-refractivity contribution >= 4 is 6.21 Å². The van der Waals surface area contributed by atoms with Gasteiger partial charge in [-0.15, -0.1) is 0 Å². The second-order valence-electron chi connectivity index (χ2n) is 4.20. The standard InChI is InChI=1S/C16H18N2/c1-2-3-12-17-13-15-10-7-11-16(18-15)14-8-5-4-6-9-14/h4-11,13H,2-3,12H2,1H3. The lowest BCUT2D eigenvalue weighted by Crippen LogP contribution is -1.91. The van der Waals surface area contributed by atoms with E-state index in [-0.39, 0.29) is 0 Å². The molecule has 2 rings (SSSR count). The zero-order valence-electron chi connectivity index (χ0n) is 10.7. The summed E-state index contributed by atoms with van der Waals surface area (Å²) in [5.74, 6) is 0. The summed E-state index contributed by atoms with van der Waals surface area (Å²) in [4.78, 5) is 8.97. The smallest absolute Gasteiger partial charge is 0.0815 e. The molecule has 18 heavy (non-hydrogen) atoms. The van der Waals surface area contributed by atoms with Gasteiger partial charge in [-0.25, -0.2) is 4.98 Å². The maximum atomic E-state index is 4.59.